The maximum Gasteiger partial charge on any atom is 0.143 e. The first kappa shape index (κ1) is 22.7. The molecule has 0 fully saturated rings. The van der Waals surface area contributed by atoms with Crippen molar-refractivity contribution >= 4 is 52.8 Å². The standard InChI is InChI=1S/C24H18Cl3N3OS/c1-30-24(32-19-12-10-18(25)11-13-19)20(23(29-30)16-6-3-2-4-7-16)14-28-31-15-17-8-5-9-21(26)22(17)27/h2-14H,15H2,1H3/b28-14+. The van der Waals surface area contributed by atoms with Crippen LogP contribution in [0.3, 0.4) is 0 Å². The lowest BCUT2D eigenvalue weighted by molar-refractivity contribution is 0.132. The zero-order valence-electron chi connectivity index (χ0n) is 17.0. The molecule has 162 valence electrons. The van der Waals surface area contributed by atoms with Gasteiger partial charge in [0.25, 0.3) is 0 Å². The Morgan fingerprint density at radius 1 is 0.969 bits per heavy atom. The number of benzene rings is 3. The fourth-order valence-electron chi connectivity index (χ4n) is 3.04. The second-order valence-corrected chi connectivity index (χ2v) is 9.12. The number of hydrogen-bond acceptors (Lipinski definition) is 4. The fraction of sp³-hybridized carbons (Fsp3) is 0.0833. The quantitative estimate of drug-likeness (QED) is 0.191. The molecule has 8 heteroatoms. The third-order valence-corrected chi connectivity index (χ3v) is 6.91. The van der Waals surface area contributed by atoms with Crippen LogP contribution in [0.4, 0.5) is 0 Å². The third kappa shape index (κ3) is 5.30. The van der Waals surface area contributed by atoms with E-state index in [2.05, 4.69) is 5.16 Å². The normalized spacial score (nSPS) is 11.2. The Morgan fingerprint density at radius 2 is 1.72 bits per heavy atom. The number of nitrogens with zero attached hydrogens (tertiary/aromatic N) is 3. The van der Waals surface area contributed by atoms with Crippen molar-refractivity contribution in [2.24, 2.45) is 12.2 Å². The summed E-state index contributed by atoms with van der Waals surface area (Å²) < 4.78 is 1.84. The van der Waals surface area contributed by atoms with E-state index < -0.39 is 0 Å². The van der Waals surface area contributed by atoms with Gasteiger partial charge >= 0.3 is 0 Å². The predicted molar refractivity (Wildman–Crippen MR) is 133 cm³/mol. The molecule has 0 amide bonds. The van der Waals surface area contributed by atoms with Crippen molar-refractivity contribution in [3.05, 3.63) is 99.0 Å². The van der Waals surface area contributed by atoms with Gasteiger partial charge in [-0.05, 0) is 30.3 Å². The molecule has 4 nitrogen and oxygen atoms in total. The summed E-state index contributed by atoms with van der Waals surface area (Å²) in [5.74, 6) is 0. The van der Waals surface area contributed by atoms with Crippen molar-refractivity contribution < 1.29 is 4.84 Å². The van der Waals surface area contributed by atoms with Crippen molar-refractivity contribution in [1.82, 2.24) is 9.78 Å². The molecule has 0 aliphatic heterocycles. The Kier molecular flexibility index (Phi) is 7.43. The number of aromatic nitrogens is 2. The Labute approximate surface area is 205 Å². The van der Waals surface area contributed by atoms with Gasteiger partial charge in [-0.2, -0.15) is 5.10 Å². The summed E-state index contributed by atoms with van der Waals surface area (Å²) in [6.45, 7) is 0.205. The smallest absolute Gasteiger partial charge is 0.143 e. The third-order valence-electron chi connectivity index (χ3n) is 4.61. The lowest BCUT2D eigenvalue weighted by Crippen LogP contribution is -1.94. The lowest BCUT2D eigenvalue weighted by Gasteiger charge is -2.05. The van der Waals surface area contributed by atoms with Gasteiger partial charge in [-0.1, -0.05) is 94.2 Å². The van der Waals surface area contributed by atoms with Crippen LogP contribution >= 0.6 is 46.6 Å². The van der Waals surface area contributed by atoms with E-state index >= 15 is 0 Å². The van der Waals surface area contributed by atoms with Crippen molar-refractivity contribution in [1.29, 1.82) is 0 Å². The highest BCUT2D eigenvalue weighted by molar-refractivity contribution is 7.99. The van der Waals surface area contributed by atoms with E-state index in [9.17, 15) is 0 Å². The summed E-state index contributed by atoms with van der Waals surface area (Å²) in [6, 6.07) is 23.1. The fourth-order valence-corrected chi connectivity index (χ4v) is 4.47. The molecule has 0 saturated heterocycles. The molecule has 0 radical (unpaired) electrons. The first-order valence-corrected chi connectivity index (χ1v) is 11.6. The van der Waals surface area contributed by atoms with Gasteiger partial charge in [-0.3, -0.25) is 4.68 Å². The maximum absolute atomic E-state index is 6.23. The average molecular weight is 503 g/mol. The highest BCUT2D eigenvalue weighted by Gasteiger charge is 2.18. The van der Waals surface area contributed by atoms with Crippen LogP contribution in [-0.2, 0) is 18.5 Å². The van der Waals surface area contributed by atoms with Crippen LogP contribution in [0.25, 0.3) is 11.3 Å². The van der Waals surface area contributed by atoms with E-state index in [0.717, 1.165) is 32.3 Å². The van der Waals surface area contributed by atoms with Gasteiger partial charge < -0.3 is 4.84 Å². The van der Waals surface area contributed by atoms with Crippen LogP contribution in [0.5, 0.6) is 0 Å². The van der Waals surface area contributed by atoms with Crippen molar-refractivity contribution in [3.63, 3.8) is 0 Å². The maximum atomic E-state index is 6.23. The molecule has 0 bridgehead atoms. The van der Waals surface area contributed by atoms with Gasteiger partial charge in [0.1, 0.15) is 17.3 Å². The number of aryl methyl sites for hydroxylation is 1. The molecular formula is C24H18Cl3N3OS. The molecule has 0 saturated carbocycles. The van der Waals surface area contributed by atoms with E-state index in [0.29, 0.717) is 15.1 Å². The summed E-state index contributed by atoms with van der Waals surface area (Å²) in [7, 11) is 1.91. The highest BCUT2D eigenvalue weighted by Crippen LogP contribution is 2.35. The Balaban J connectivity index is 1.64. The zero-order valence-corrected chi connectivity index (χ0v) is 20.1. The molecule has 1 heterocycles. The average Bonchev–Trinajstić information content (AvgIpc) is 3.11. The Hall–Kier alpha value is -2.44. The summed E-state index contributed by atoms with van der Waals surface area (Å²) >= 11 is 19.9. The molecule has 0 aliphatic rings. The molecule has 3 aromatic carbocycles. The van der Waals surface area contributed by atoms with Crippen LogP contribution in [0.15, 0.2) is 87.9 Å². The Bertz CT molecular complexity index is 1240. The van der Waals surface area contributed by atoms with Gasteiger partial charge in [-0.15, -0.1) is 0 Å². The molecule has 32 heavy (non-hydrogen) atoms. The van der Waals surface area contributed by atoms with Gasteiger partial charge in [-0.25, -0.2) is 0 Å². The monoisotopic (exact) mass is 501 g/mol. The summed E-state index contributed by atoms with van der Waals surface area (Å²) in [5.41, 5.74) is 3.43. The van der Waals surface area contributed by atoms with E-state index in [1.807, 2.05) is 78.5 Å². The predicted octanol–water partition coefficient (Wildman–Crippen LogP) is 7.75. The summed E-state index contributed by atoms with van der Waals surface area (Å²) in [5, 5.41) is 11.5. The van der Waals surface area contributed by atoms with E-state index in [1.165, 1.54) is 0 Å². The van der Waals surface area contributed by atoms with Gasteiger partial charge in [0.15, 0.2) is 0 Å². The van der Waals surface area contributed by atoms with Crippen molar-refractivity contribution in [2.75, 3.05) is 0 Å². The minimum absolute atomic E-state index is 0.205. The second-order valence-electron chi connectivity index (χ2n) is 6.83. The molecule has 0 N–H and O–H groups in total. The molecule has 0 atom stereocenters. The number of hydrogen-bond donors (Lipinski definition) is 0. The first-order chi connectivity index (χ1) is 15.5. The summed E-state index contributed by atoms with van der Waals surface area (Å²) in [6.07, 6.45) is 1.69. The van der Waals surface area contributed by atoms with Crippen LogP contribution < -0.4 is 0 Å². The van der Waals surface area contributed by atoms with Crippen LogP contribution in [0.2, 0.25) is 15.1 Å². The van der Waals surface area contributed by atoms with Crippen LogP contribution in [-0.4, -0.2) is 16.0 Å². The minimum atomic E-state index is 0.205. The van der Waals surface area contributed by atoms with Gasteiger partial charge in [0.05, 0.1) is 21.8 Å². The zero-order chi connectivity index (χ0) is 22.5. The molecule has 0 unspecified atom stereocenters. The molecule has 4 aromatic rings. The largest absolute Gasteiger partial charge is 0.391 e. The minimum Gasteiger partial charge on any atom is -0.391 e. The Morgan fingerprint density at radius 3 is 2.47 bits per heavy atom. The van der Waals surface area contributed by atoms with E-state index in [4.69, 9.17) is 44.7 Å². The highest BCUT2D eigenvalue weighted by atomic mass is 35.5. The topological polar surface area (TPSA) is 39.4 Å². The lowest BCUT2D eigenvalue weighted by atomic mass is 10.1. The molecule has 0 aliphatic carbocycles. The van der Waals surface area contributed by atoms with Crippen LogP contribution in [0.1, 0.15) is 11.1 Å². The first-order valence-electron chi connectivity index (χ1n) is 9.67. The van der Waals surface area contributed by atoms with E-state index in [-0.39, 0.29) is 6.61 Å². The van der Waals surface area contributed by atoms with Crippen molar-refractivity contribution in [2.45, 2.75) is 16.5 Å². The van der Waals surface area contributed by atoms with E-state index in [1.54, 1.807) is 24.0 Å². The SMILES string of the molecule is Cn1nc(-c2ccccc2)c(/C=N/OCc2cccc(Cl)c2Cl)c1Sc1ccc(Cl)cc1. The molecular weight excluding hydrogens is 485 g/mol. The molecule has 1 aromatic heterocycles. The number of oxime groups is 1. The van der Waals surface area contributed by atoms with Crippen molar-refractivity contribution in [3.8, 4) is 11.3 Å². The van der Waals surface area contributed by atoms with Crippen LogP contribution in [0, 0.1) is 0 Å². The number of halogens is 3. The second kappa shape index (κ2) is 10.5. The number of rotatable bonds is 7. The molecule has 0 spiro atoms. The molecule has 4 rings (SSSR count). The van der Waals surface area contributed by atoms with Gasteiger partial charge in [0, 0.05) is 28.1 Å². The van der Waals surface area contributed by atoms with Gasteiger partial charge in [0.2, 0.25) is 0 Å². The summed E-state index contributed by atoms with van der Waals surface area (Å²) in [4.78, 5) is 6.58.